The highest BCUT2D eigenvalue weighted by atomic mass is 16.5. The number of imide groups is 1. The Hall–Kier alpha value is -3.55. The lowest BCUT2D eigenvalue weighted by Gasteiger charge is -2.12. The van der Waals surface area contributed by atoms with Crippen LogP contribution < -0.4 is 20.1 Å². The third-order valence-electron chi connectivity index (χ3n) is 3.97. The molecule has 0 radical (unpaired) electrons. The molecule has 0 unspecified atom stereocenters. The summed E-state index contributed by atoms with van der Waals surface area (Å²) in [6.45, 7) is 3.24. The lowest BCUT2D eigenvalue weighted by atomic mass is 10.1. The highest BCUT2D eigenvalue weighted by Gasteiger charge is 2.19. The number of ether oxygens (including phenoxy) is 3. The zero-order valence-corrected chi connectivity index (χ0v) is 16.1. The van der Waals surface area contributed by atoms with Crippen molar-refractivity contribution in [3.8, 4) is 11.5 Å². The van der Waals surface area contributed by atoms with Gasteiger partial charge in [-0.3, -0.25) is 10.1 Å². The number of benzene rings is 2. The Morgan fingerprint density at radius 3 is 2.36 bits per heavy atom. The van der Waals surface area contributed by atoms with E-state index in [4.69, 9.17) is 14.2 Å². The molecule has 8 heteroatoms. The van der Waals surface area contributed by atoms with Crippen LogP contribution in [0.4, 0.5) is 10.5 Å². The summed E-state index contributed by atoms with van der Waals surface area (Å²) in [5.41, 5.74) is 2.74. The van der Waals surface area contributed by atoms with Crippen LogP contribution in [0.15, 0.2) is 36.4 Å². The molecule has 0 aliphatic rings. The topological polar surface area (TPSA) is 103 Å². The zero-order chi connectivity index (χ0) is 20.7. The number of rotatable bonds is 6. The van der Waals surface area contributed by atoms with Crippen molar-refractivity contribution in [1.82, 2.24) is 5.32 Å². The Kier molecular flexibility index (Phi) is 6.97. The number of carbonyl (C=O) groups is 3. The van der Waals surface area contributed by atoms with Crippen LogP contribution in [0.1, 0.15) is 21.5 Å². The summed E-state index contributed by atoms with van der Waals surface area (Å²) in [5.74, 6) is -0.992. The number of esters is 1. The fourth-order valence-corrected chi connectivity index (χ4v) is 2.40. The molecule has 0 spiro atoms. The van der Waals surface area contributed by atoms with Crippen molar-refractivity contribution in [3.05, 3.63) is 53.1 Å². The van der Waals surface area contributed by atoms with Crippen LogP contribution in [-0.2, 0) is 9.53 Å². The molecule has 2 aromatic carbocycles. The van der Waals surface area contributed by atoms with Crippen LogP contribution in [0.5, 0.6) is 11.5 Å². The minimum atomic E-state index is -0.777. The molecule has 0 aliphatic heterocycles. The quantitative estimate of drug-likeness (QED) is 0.740. The van der Waals surface area contributed by atoms with Gasteiger partial charge < -0.3 is 19.5 Å². The molecule has 0 saturated carbocycles. The van der Waals surface area contributed by atoms with E-state index in [1.54, 1.807) is 24.3 Å². The van der Waals surface area contributed by atoms with Crippen molar-refractivity contribution in [3.63, 3.8) is 0 Å². The second kappa shape index (κ2) is 9.40. The van der Waals surface area contributed by atoms with Gasteiger partial charge in [-0.15, -0.1) is 0 Å². The van der Waals surface area contributed by atoms with Crippen LogP contribution in [0, 0.1) is 13.8 Å². The van der Waals surface area contributed by atoms with Gasteiger partial charge in [0.05, 0.1) is 14.2 Å². The Bertz CT molecular complexity index is 894. The van der Waals surface area contributed by atoms with E-state index >= 15 is 0 Å². The molecule has 0 bridgehead atoms. The lowest BCUT2D eigenvalue weighted by molar-refractivity contribution is -0.123. The average Bonchev–Trinajstić information content (AvgIpc) is 2.68. The molecule has 0 saturated heterocycles. The smallest absolute Gasteiger partial charge is 0.342 e. The first-order chi connectivity index (χ1) is 13.3. The number of hydrogen-bond donors (Lipinski definition) is 2. The predicted octanol–water partition coefficient (Wildman–Crippen LogP) is 2.83. The maximum Gasteiger partial charge on any atom is 0.342 e. The Morgan fingerprint density at radius 1 is 0.964 bits per heavy atom. The van der Waals surface area contributed by atoms with Crippen molar-refractivity contribution >= 4 is 23.6 Å². The van der Waals surface area contributed by atoms with Crippen LogP contribution in [-0.4, -0.2) is 38.7 Å². The minimum absolute atomic E-state index is 0.106. The number of aryl methyl sites for hydroxylation is 2. The number of hydrogen-bond acceptors (Lipinski definition) is 6. The number of amides is 3. The van der Waals surface area contributed by atoms with Crippen molar-refractivity contribution in [2.75, 3.05) is 26.1 Å². The molecular weight excluding hydrogens is 364 g/mol. The fourth-order valence-electron chi connectivity index (χ4n) is 2.40. The minimum Gasteiger partial charge on any atom is -0.493 e. The van der Waals surface area contributed by atoms with Crippen LogP contribution >= 0.6 is 0 Å². The zero-order valence-electron chi connectivity index (χ0n) is 16.1. The van der Waals surface area contributed by atoms with Gasteiger partial charge in [0.2, 0.25) is 0 Å². The number of nitrogens with one attached hydrogen (secondary N) is 2. The molecule has 2 N–H and O–H groups in total. The molecule has 2 rings (SSSR count). The SMILES string of the molecule is COc1cccc(C(=O)OCC(=O)NC(=O)Nc2ccc(C)c(C)c2)c1OC. The molecule has 8 nitrogen and oxygen atoms in total. The molecule has 0 aliphatic carbocycles. The first-order valence-corrected chi connectivity index (χ1v) is 8.42. The van der Waals surface area contributed by atoms with E-state index in [-0.39, 0.29) is 11.3 Å². The van der Waals surface area contributed by atoms with Crippen molar-refractivity contribution in [2.24, 2.45) is 0 Å². The average molecular weight is 386 g/mol. The van der Waals surface area contributed by atoms with Gasteiger partial charge in [-0.2, -0.15) is 0 Å². The second-order valence-electron chi connectivity index (χ2n) is 5.92. The van der Waals surface area contributed by atoms with Crippen molar-refractivity contribution < 1.29 is 28.6 Å². The van der Waals surface area contributed by atoms with Gasteiger partial charge in [0.25, 0.3) is 5.91 Å². The summed E-state index contributed by atoms with van der Waals surface area (Å²) < 4.78 is 15.2. The molecule has 0 heterocycles. The Balaban J connectivity index is 1.90. The number of carbonyl (C=O) groups excluding carboxylic acids is 3. The largest absolute Gasteiger partial charge is 0.493 e. The molecule has 3 amide bonds. The van der Waals surface area contributed by atoms with E-state index in [1.165, 1.54) is 20.3 Å². The van der Waals surface area contributed by atoms with Gasteiger partial charge in [-0.1, -0.05) is 12.1 Å². The first kappa shape index (κ1) is 20.8. The summed E-state index contributed by atoms with van der Waals surface area (Å²) in [6, 6.07) is 9.34. The molecule has 2 aromatic rings. The molecule has 28 heavy (non-hydrogen) atoms. The van der Waals surface area contributed by atoms with Crippen LogP contribution in [0.2, 0.25) is 0 Å². The number of urea groups is 1. The molecule has 148 valence electrons. The summed E-state index contributed by atoms with van der Waals surface area (Å²) in [4.78, 5) is 36.0. The maximum absolute atomic E-state index is 12.2. The van der Waals surface area contributed by atoms with Gasteiger partial charge in [0.1, 0.15) is 5.56 Å². The van der Waals surface area contributed by atoms with E-state index in [1.807, 2.05) is 19.9 Å². The molecule has 0 atom stereocenters. The van der Waals surface area contributed by atoms with Crippen LogP contribution in [0.25, 0.3) is 0 Å². The van der Waals surface area contributed by atoms with Gasteiger partial charge in [-0.05, 0) is 49.2 Å². The van der Waals surface area contributed by atoms with Crippen molar-refractivity contribution in [2.45, 2.75) is 13.8 Å². The number of anilines is 1. The number of methoxy groups -OCH3 is 2. The van der Waals surface area contributed by atoms with E-state index < -0.39 is 24.5 Å². The van der Waals surface area contributed by atoms with E-state index in [0.29, 0.717) is 11.4 Å². The van der Waals surface area contributed by atoms with Crippen LogP contribution in [0.3, 0.4) is 0 Å². The highest BCUT2D eigenvalue weighted by Crippen LogP contribution is 2.31. The van der Waals surface area contributed by atoms with Gasteiger partial charge in [-0.25, -0.2) is 9.59 Å². The normalized spacial score (nSPS) is 10.0. The summed E-state index contributed by atoms with van der Waals surface area (Å²) in [5, 5.41) is 4.64. The second-order valence-corrected chi connectivity index (χ2v) is 5.92. The van der Waals surface area contributed by atoms with Gasteiger partial charge in [0, 0.05) is 5.69 Å². The molecule has 0 fully saturated rings. The third-order valence-corrected chi connectivity index (χ3v) is 3.97. The third kappa shape index (κ3) is 5.23. The molecule has 0 aromatic heterocycles. The van der Waals surface area contributed by atoms with E-state index in [2.05, 4.69) is 10.6 Å². The lowest BCUT2D eigenvalue weighted by Crippen LogP contribution is -2.37. The Labute approximate surface area is 162 Å². The van der Waals surface area contributed by atoms with Gasteiger partial charge >= 0.3 is 12.0 Å². The van der Waals surface area contributed by atoms with Gasteiger partial charge in [0.15, 0.2) is 18.1 Å². The fraction of sp³-hybridized carbons (Fsp3) is 0.250. The van der Waals surface area contributed by atoms with E-state index in [0.717, 1.165) is 11.1 Å². The predicted molar refractivity (Wildman–Crippen MR) is 103 cm³/mol. The monoisotopic (exact) mass is 386 g/mol. The summed E-state index contributed by atoms with van der Waals surface area (Å²) >= 11 is 0. The van der Waals surface area contributed by atoms with Crippen molar-refractivity contribution in [1.29, 1.82) is 0 Å². The summed E-state index contributed by atoms with van der Waals surface area (Å²) in [7, 11) is 2.83. The highest BCUT2D eigenvalue weighted by molar-refractivity contribution is 6.02. The molecular formula is C20H22N2O6. The standard InChI is InChI=1S/C20H22N2O6/c1-12-8-9-14(10-13(12)2)21-20(25)22-17(23)11-28-19(24)15-6-5-7-16(26-3)18(15)27-4/h5-10H,11H2,1-4H3,(H2,21,22,23,25). The summed E-state index contributed by atoms with van der Waals surface area (Å²) in [6.07, 6.45) is 0. The van der Waals surface area contributed by atoms with E-state index in [9.17, 15) is 14.4 Å². The maximum atomic E-state index is 12.2. The Morgan fingerprint density at radius 2 is 1.71 bits per heavy atom. The number of para-hydroxylation sites is 1. The first-order valence-electron chi connectivity index (χ1n) is 8.42.